The van der Waals surface area contributed by atoms with Gasteiger partial charge in [0.1, 0.15) is 46.9 Å². The number of carbonyl (C=O) groups excluding carboxylic acids is 3. The number of rotatable bonds is 17. The van der Waals surface area contributed by atoms with Gasteiger partial charge in [-0.2, -0.15) is 5.10 Å². The summed E-state index contributed by atoms with van der Waals surface area (Å²) in [6.07, 6.45) is 15.6. The first-order valence-electron chi connectivity index (χ1n) is 24.0. The third-order valence-electron chi connectivity index (χ3n) is 14.0. The van der Waals surface area contributed by atoms with E-state index in [2.05, 4.69) is 56.6 Å². The average molecular weight is 904 g/mol. The van der Waals surface area contributed by atoms with Crippen LogP contribution in [-0.2, 0) is 14.4 Å². The van der Waals surface area contributed by atoms with Gasteiger partial charge in [-0.05, 0) is 126 Å². The highest BCUT2D eigenvalue weighted by Crippen LogP contribution is 2.48. The van der Waals surface area contributed by atoms with Gasteiger partial charge in [0.05, 0.1) is 29.4 Å². The van der Waals surface area contributed by atoms with Crippen molar-refractivity contribution in [2.24, 2.45) is 0 Å². The van der Waals surface area contributed by atoms with E-state index in [4.69, 9.17) is 25.1 Å². The molecule has 4 aromatic heterocycles. The minimum Gasteiger partial charge on any atom is -0.495 e. The Morgan fingerprint density at radius 2 is 1.68 bits per heavy atom. The highest BCUT2D eigenvalue weighted by molar-refractivity contribution is 6.02. The molecule has 4 fully saturated rings. The zero-order valence-electron chi connectivity index (χ0n) is 38.4. The molecule has 1 atom stereocenters. The minimum absolute atomic E-state index is 0.0541. The van der Waals surface area contributed by atoms with Crippen molar-refractivity contribution in [3.05, 3.63) is 59.5 Å². The Balaban J connectivity index is 0.689. The topological polar surface area (TPSA) is 200 Å². The fourth-order valence-electron chi connectivity index (χ4n) is 10.1. The normalized spacial score (nSPS) is 18.9. The van der Waals surface area contributed by atoms with Crippen LogP contribution in [0.3, 0.4) is 0 Å². The SMILES string of the molecule is COc1cc(C2CCN(CCCCCCCC(=O)N3CCC(c4ccc(-c5c(-c6nn(C(C)C)c7ncnc(N)c67)noc5C5CC5)nc4)CC3)CC2)c(F)cc1NC1CCC(=O)NC1=O. The molecule has 1 saturated carbocycles. The maximum atomic E-state index is 15.4. The van der Waals surface area contributed by atoms with Gasteiger partial charge in [0.15, 0.2) is 5.65 Å². The number of hydrogen-bond donors (Lipinski definition) is 3. The van der Waals surface area contributed by atoms with E-state index < -0.39 is 11.9 Å². The van der Waals surface area contributed by atoms with Crippen molar-refractivity contribution in [1.82, 2.24) is 45.0 Å². The molecule has 0 spiro atoms. The van der Waals surface area contributed by atoms with Gasteiger partial charge in [-0.15, -0.1) is 0 Å². The number of ether oxygens (including phenoxy) is 1. The highest BCUT2D eigenvalue weighted by Gasteiger charge is 2.36. The van der Waals surface area contributed by atoms with Crippen LogP contribution in [0.4, 0.5) is 15.9 Å². The number of benzene rings is 1. The number of methoxy groups -OCH3 is 1. The van der Waals surface area contributed by atoms with E-state index >= 15 is 4.39 Å². The predicted octanol–water partition coefficient (Wildman–Crippen LogP) is 7.87. The van der Waals surface area contributed by atoms with Gasteiger partial charge in [0.2, 0.25) is 17.7 Å². The second-order valence-corrected chi connectivity index (χ2v) is 18.9. The first-order chi connectivity index (χ1) is 32.1. The number of imide groups is 1. The number of hydrogen-bond acceptors (Lipinski definition) is 13. The number of halogens is 1. The molecule has 7 heterocycles. The number of unbranched alkanes of at least 4 members (excludes halogenated alkanes) is 4. The molecule has 5 aromatic rings. The number of aromatic nitrogens is 6. The van der Waals surface area contributed by atoms with Crippen LogP contribution >= 0.6 is 0 Å². The van der Waals surface area contributed by atoms with Crippen LogP contribution in [0.15, 0.2) is 41.3 Å². The molecule has 66 heavy (non-hydrogen) atoms. The van der Waals surface area contributed by atoms with Crippen molar-refractivity contribution >= 4 is 40.3 Å². The number of pyridine rings is 1. The van der Waals surface area contributed by atoms with E-state index in [0.717, 1.165) is 120 Å². The molecule has 9 rings (SSSR count). The second-order valence-electron chi connectivity index (χ2n) is 18.9. The Bertz CT molecular complexity index is 2540. The maximum Gasteiger partial charge on any atom is 0.249 e. The summed E-state index contributed by atoms with van der Waals surface area (Å²) >= 11 is 0. The van der Waals surface area contributed by atoms with Gasteiger partial charge in [-0.25, -0.2) is 19.0 Å². The average Bonchev–Trinajstić information content (AvgIpc) is 3.95. The van der Waals surface area contributed by atoms with Crippen molar-refractivity contribution in [2.45, 2.75) is 134 Å². The molecule has 0 radical (unpaired) electrons. The minimum atomic E-state index is -0.615. The lowest BCUT2D eigenvalue weighted by molar-refractivity contribution is -0.134. The van der Waals surface area contributed by atoms with Crippen LogP contribution in [0.25, 0.3) is 33.7 Å². The fraction of sp³-hybridized carbons (Fsp3) is 0.551. The molecular formula is C49H62FN11O5. The molecule has 3 amide bonds. The molecule has 1 unspecified atom stereocenters. The first-order valence-corrected chi connectivity index (χ1v) is 24.0. The summed E-state index contributed by atoms with van der Waals surface area (Å²) in [4.78, 5) is 55.3. The smallest absolute Gasteiger partial charge is 0.249 e. The van der Waals surface area contributed by atoms with E-state index in [1.165, 1.54) is 18.0 Å². The lowest BCUT2D eigenvalue weighted by atomic mass is 9.88. The predicted molar refractivity (Wildman–Crippen MR) is 248 cm³/mol. The van der Waals surface area contributed by atoms with Crippen LogP contribution in [-0.4, -0.2) is 103 Å². The third-order valence-corrected chi connectivity index (χ3v) is 14.0. The molecule has 350 valence electrons. The van der Waals surface area contributed by atoms with Gasteiger partial charge in [-0.3, -0.25) is 24.7 Å². The van der Waals surface area contributed by atoms with Gasteiger partial charge >= 0.3 is 0 Å². The van der Waals surface area contributed by atoms with Gasteiger partial charge in [0.25, 0.3) is 0 Å². The Hall–Kier alpha value is -5.97. The van der Waals surface area contributed by atoms with E-state index in [1.54, 1.807) is 13.2 Å². The number of carbonyl (C=O) groups is 3. The molecule has 4 N–H and O–H groups in total. The lowest BCUT2D eigenvalue weighted by Crippen LogP contribution is -2.47. The fourth-order valence-corrected chi connectivity index (χ4v) is 10.1. The molecule has 4 aliphatic rings. The van der Waals surface area contributed by atoms with Crippen LogP contribution in [0.5, 0.6) is 5.75 Å². The number of amides is 3. The molecule has 1 aromatic carbocycles. The highest BCUT2D eigenvalue weighted by atomic mass is 19.1. The number of nitrogens with two attached hydrogens (primary N) is 1. The number of fused-ring (bicyclic) bond motifs is 1. The summed E-state index contributed by atoms with van der Waals surface area (Å²) < 4.78 is 28.9. The van der Waals surface area contributed by atoms with Crippen LogP contribution in [0.2, 0.25) is 0 Å². The van der Waals surface area contributed by atoms with Crippen LogP contribution < -0.4 is 21.1 Å². The van der Waals surface area contributed by atoms with E-state index in [1.807, 2.05) is 15.8 Å². The second kappa shape index (κ2) is 19.9. The summed E-state index contributed by atoms with van der Waals surface area (Å²) in [5, 5.41) is 15.5. The van der Waals surface area contributed by atoms with Crippen molar-refractivity contribution in [3.63, 3.8) is 0 Å². The first kappa shape index (κ1) is 45.2. The van der Waals surface area contributed by atoms with Gasteiger partial charge in [0, 0.05) is 50.2 Å². The Kier molecular flexibility index (Phi) is 13.6. The van der Waals surface area contributed by atoms with E-state index in [-0.39, 0.29) is 36.0 Å². The molecule has 3 aliphatic heterocycles. The number of piperidine rings is 3. The summed E-state index contributed by atoms with van der Waals surface area (Å²) in [6, 6.07) is 6.84. The number of nitrogens with zero attached hydrogens (tertiary/aromatic N) is 8. The van der Waals surface area contributed by atoms with Crippen molar-refractivity contribution in [3.8, 4) is 28.4 Å². The van der Waals surface area contributed by atoms with Crippen molar-refractivity contribution in [2.75, 3.05) is 50.9 Å². The molecule has 17 heteroatoms. The number of nitrogen functional groups attached to an aromatic ring is 1. The Morgan fingerprint density at radius 1 is 0.924 bits per heavy atom. The Morgan fingerprint density at radius 3 is 2.39 bits per heavy atom. The molecule has 1 aliphatic carbocycles. The van der Waals surface area contributed by atoms with Gasteiger partial charge < -0.3 is 30.1 Å². The Labute approximate surface area is 384 Å². The summed E-state index contributed by atoms with van der Waals surface area (Å²) in [7, 11) is 1.54. The lowest BCUT2D eigenvalue weighted by Gasteiger charge is -2.32. The van der Waals surface area contributed by atoms with E-state index in [9.17, 15) is 14.4 Å². The largest absolute Gasteiger partial charge is 0.495 e. The van der Waals surface area contributed by atoms with Crippen LogP contribution in [0.1, 0.15) is 144 Å². The zero-order valence-corrected chi connectivity index (χ0v) is 38.4. The molecule has 16 nitrogen and oxygen atoms in total. The van der Waals surface area contributed by atoms with Gasteiger partial charge in [-0.1, -0.05) is 30.5 Å². The van der Waals surface area contributed by atoms with Crippen molar-refractivity contribution < 1.29 is 28.0 Å². The molecule has 3 saturated heterocycles. The monoisotopic (exact) mass is 903 g/mol. The quantitative estimate of drug-likeness (QED) is 0.0602. The number of nitrogens with one attached hydrogen (secondary N) is 2. The maximum absolute atomic E-state index is 15.4. The summed E-state index contributed by atoms with van der Waals surface area (Å²) in [5.41, 5.74) is 12.1. The third kappa shape index (κ3) is 9.76. The number of likely N-dealkylation sites (tertiary alicyclic amines) is 2. The zero-order chi connectivity index (χ0) is 45.9. The summed E-state index contributed by atoms with van der Waals surface area (Å²) in [6.45, 7) is 8.46. The molecular weight excluding hydrogens is 842 g/mol. The number of anilines is 2. The van der Waals surface area contributed by atoms with Crippen molar-refractivity contribution in [1.29, 1.82) is 0 Å². The standard InChI is InChI=1S/C49H62FN11O5/c1-29(2)61-48-43(47(51)53-28-54-48)44(57-61)45-42(46(66-58-45)32-10-11-32)36-13-12-33(27-52-36)30-18-23-60(24-19-30)41(63)9-7-5-4-6-8-20-59-21-16-31(17-22-59)34-25-39(65-3)38(26-35(34)50)55-37-14-15-40(62)56-49(37)64/h12-13,25-32,37,55H,4-11,14-24H2,1-3H3,(H2,51,53,54)(H,56,62,64). The summed E-state index contributed by atoms with van der Waals surface area (Å²) in [5.74, 6) is 1.65. The van der Waals surface area contributed by atoms with E-state index in [0.29, 0.717) is 69.9 Å². The molecule has 0 bridgehead atoms. The van der Waals surface area contributed by atoms with Crippen LogP contribution in [0, 0.1) is 5.82 Å².